The number of rotatable bonds is 9. The third kappa shape index (κ3) is 8.16. The summed E-state index contributed by atoms with van der Waals surface area (Å²) in [6.45, 7) is 11.0. The number of nitro groups is 1. The van der Waals surface area contributed by atoms with Crippen molar-refractivity contribution in [2.75, 3.05) is 37.7 Å². The molecule has 4 aliphatic rings. The summed E-state index contributed by atoms with van der Waals surface area (Å²) in [5.41, 5.74) is -0.912. The van der Waals surface area contributed by atoms with Gasteiger partial charge in [-0.2, -0.15) is 9.97 Å². The molecule has 0 spiro atoms. The molecule has 2 bridgehead atoms. The standard InChI is InChI=1S/C47H45F2N7O9/c1-6-34-37(48)14-7-27-17-32(57)18-35(38(27)34)40-39(49)41-36(20-50-40)42(53-22-29-8-9-30(23-53)55(29)44(58)65-46(3,4)5)52-43(51-41)63-25-47-16-15-31(54(47)21-26(2)19-47)24-62-45(59)64-33-12-10-28(11-13-33)56(60)61/h1,7,10-14,17-18,20,29-31,57H,2,8-9,15-16,19,21-25H2,3-5H3. The number of phenolic OH excluding ortho intramolecular Hbond substituents is 1. The number of ether oxygens (including phenoxy) is 4. The second-order valence-electron chi connectivity index (χ2n) is 18.0. The van der Waals surface area contributed by atoms with Crippen LogP contribution >= 0.6 is 0 Å². The number of nitro benzene ring substituents is 1. The molecular weight excluding hydrogens is 845 g/mol. The summed E-state index contributed by atoms with van der Waals surface area (Å²) in [4.78, 5) is 56.5. The molecule has 3 aromatic carbocycles. The largest absolute Gasteiger partial charge is 0.513 e. The summed E-state index contributed by atoms with van der Waals surface area (Å²) in [6.07, 6.45) is 9.12. The number of terminal acetylenes is 1. The van der Waals surface area contributed by atoms with Gasteiger partial charge in [0, 0.05) is 55.0 Å². The van der Waals surface area contributed by atoms with E-state index in [0.717, 1.165) is 18.4 Å². The van der Waals surface area contributed by atoms with Crippen LogP contribution in [0, 0.1) is 34.1 Å². The Morgan fingerprint density at radius 2 is 1.82 bits per heavy atom. The molecule has 4 aliphatic heterocycles. The molecule has 0 aliphatic carbocycles. The van der Waals surface area contributed by atoms with Crippen LogP contribution in [-0.4, -0.2) is 109 Å². The fraction of sp³-hybridized carbons (Fsp3) is 0.383. The van der Waals surface area contributed by atoms with E-state index in [4.69, 9.17) is 30.4 Å². The second kappa shape index (κ2) is 16.5. The van der Waals surface area contributed by atoms with Gasteiger partial charge < -0.3 is 29.0 Å². The van der Waals surface area contributed by atoms with Gasteiger partial charge in [0.15, 0.2) is 5.82 Å². The molecule has 1 N–H and O–H groups in total. The molecule has 6 heterocycles. The number of nitrogens with zero attached hydrogens (tertiary/aromatic N) is 7. The minimum absolute atomic E-state index is 0.00885. The van der Waals surface area contributed by atoms with E-state index in [1.54, 1.807) is 4.90 Å². The first-order valence-electron chi connectivity index (χ1n) is 21.2. The van der Waals surface area contributed by atoms with Crippen molar-refractivity contribution in [3.63, 3.8) is 0 Å². The number of phenols is 1. The number of carbonyl (C=O) groups is 2. The van der Waals surface area contributed by atoms with E-state index in [0.29, 0.717) is 50.1 Å². The highest BCUT2D eigenvalue weighted by Crippen LogP contribution is 2.45. The van der Waals surface area contributed by atoms with Crippen molar-refractivity contribution in [3.05, 3.63) is 94.2 Å². The van der Waals surface area contributed by atoms with Crippen molar-refractivity contribution in [1.82, 2.24) is 24.8 Å². The summed E-state index contributed by atoms with van der Waals surface area (Å²) in [5, 5.41) is 22.6. The number of hydrogen-bond donors (Lipinski definition) is 1. The van der Waals surface area contributed by atoms with Crippen LogP contribution < -0.4 is 14.4 Å². The number of aromatic nitrogens is 3. The van der Waals surface area contributed by atoms with Gasteiger partial charge in [0.25, 0.3) is 5.69 Å². The van der Waals surface area contributed by atoms with Gasteiger partial charge in [0.1, 0.15) is 53.2 Å². The van der Waals surface area contributed by atoms with Crippen LogP contribution in [0.3, 0.4) is 0 Å². The molecule has 9 rings (SSSR count). The Hall–Kier alpha value is -7.13. The van der Waals surface area contributed by atoms with Crippen molar-refractivity contribution in [2.45, 2.75) is 82.1 Å². The third-order valence-corrected chi connectivity index (χ3v) is 12.6. The molecule has 2 aromatic heterocycles. The van der Waals surface area contributed by atoms with Gasteiger partial charge in [-0.25, -0.2) is 18.4 Å². The van der Waals surface area contributed by atoms with Gasteiger partial charge >= 0.3 is 18.3 Å². The molecule has 4 fully saturated rings. The van der Waals surface area contributed by atoms with Gasteiger partial charge in [0.2, 0.25) is 0 Å². The second-order valence-corrected chi connectivity index (χ2v) is 18.0. The average Bonchev–Trinajstić information content (AvgIpc) is 3.86. The number of amides is 1. The summed E-state index contributed by atoms with van der Waals surface area (Å²) >= 11 is 0. The highest BCUT2D eigenvalue weighted by Gasteiger charge is 2.52. The van der Waals surface area contributed by atoms with Gasteiger partial charge in [0.05, 0.1) is 33.5 Å². The van der Waals surface area contributed by atoms with Gasteiger partial charge in [-0.1, -0.05) is 24.1 Å². The zero-order valence-electron chi connectivity index (χ0n) is 35.9. The quantitative estimate of drug-likeness (QED) is 0.0374. The topological polar surface area (TPSA) is 183 Å². The smallest absolute Gasteiger partial charge is 0.508 e. The Morgan fingerprint density at radius 3 is 2.51 bits per heavy atom. The van der Waals surface area contributed by atoms with E-state index in [1.165, 1.54) is 54.7 Å². The molecule has 18 heteroatoms. The monoisotopic (exact) mass is 889 g/mol. The Morgan fingerprint density at radius 1 is 1.08 bits per heavy atom. The molecule has 336 valence electrons. The van der Waals surface area contributed by atoms with Crippen LogP contribution in [0.2, 0.25) is 0 Å². The van der Waals surface area contributed by atoms with E-state index in [9.17, 15) is 24.8 Å². The minimum atomic E-state index is -0.960. The van der Waals surface area contributed by atoms with Crippen molar-refractivity contribution in [1.29, 1.82) is 0 Å². The Balaban J connectivity index is 1.03. The van der Waals surface area contributed by atoms with Crippen LogP contribution in [0.25, 0.3) is 32.9 Å². The van der Waals surface area contributed by atoms with Crippen LogP contribution in [-0.2, 0) is 9.47 Å². The Labute approximate surface area is 371 Å². The van der Waals surface area contributed by atoms with E-state index in [-0.39, 0.29) is 87.6 Å². The van der Waals surface area contributed by atoms with Crippen molar-refractivity contribution >= 4 is 45.4 Å². The maximum Gasteiger partial charge on any atom is 0.513 e. The molecule has 4 unspecified atom stereocenters. The first-order chi connectivity index (χ1) is 31.0. The van der Waals surface area contributed by atoms with Crippen LogP contribution in [0.4, 0.5) is 29.9 Å². The maximum absolute atomic E-state index is 17.3. The number of fused-ring (bicyclic) bond motifs is 5. The Bertz CT molecular complexity index is 2820. The van der Waals surface area contributed by atoms with Crippen LogP contribution in [0.1, 0.15) is 58.4 Å². The first kappa shape index (κ1) is 43.1. The number of halogens is 2. The van der Waals surface area contributed by atoms with E-state index in [1.807, 2.05) is 25.7 Å². The predicted molar refractivity (Wildman–Crippen MR) is 234 cm³/mol. The molecule has 65 heavy (non-hydrogen) atoms. The molecule has 5 aromatic rings. The van der Waals surface area contributed by atoms with E-state index in [2.05, 4.69) is 27.4 Å². The molecule has 4 saturated heterocycles. The van der Waals surface area contributed by atoms with Gasteiger partial charge in [-0.3, -0.25) is 24.9 Å². The zero-order valence-corrected chi connectivity index (χ0v) is 35.9. The highest BCUT2D eigenvalue weighted by molar-refractivity contribution is 6.03. The number of non-ortho nitro benzene ring substituents is 1. The van der Waals surface area contributed by atoms with Crippen LogP contribution in [0.15, 0.2) is 66.9 Å². The fourth-order valence-electron chi connectivity index (χ4n) is 9.83. The van der Waals surface area contributed by atoms with Crippen molar-refractivity contribution in [3.8, 4) is 41.1 Å². The zero-order chi connectivity index (χ0) is 45.9. The average molecular weight is 890 g/mol. The fourth-order valence-corrected chi connectivity index (χ4v) is 9.83. The number of aromatic hydroxyl groups is 1. The number of anilines is 1. The number of piperazine rings is 1. The number of carbonyl (C=O) groups excluding carboxylic acids is 2. The highest BCUT2D eigenvalue weighted by atomic mass is 19.1. The number of benzene rings is 3. The maximum atomic E-state index is 17.3. The molecule has 1 amide bonds. The molecule has 16 nitrogen and oxygen atoms in total. The lowest BCUT2D eigenvalue weighted by Crippen LogP contribution is -2.57. The lowest BCUT2D eigenvalue weighted by Gasteiger charge is -2.42. The van der Waals surface area contributed by atoms with Crippen molar-refractivity contribution in [2.24, 2.45) is 0 Å². The minimum Gasteiger partial charge on any atom is -0.508 e. The first-order valence-corrected chi connectivity index (χ1v) is 21.2. The van der Waals surface area contributed by atoms with Crippen LogP contribution in [0.5, 0.6) is 17.5 Å². The van der Waals surface area contributed by atoms with Gasteiger partial charge in [-0.05, 0) is 88.6 Å². The summed E-state index contributed by atoms with van der Waals surface area (Å²) in [7, 11) is 0. The van der Waals surface area contributed by atoms with E-state index >= 15 is 8.78 Å². The van der Waals surface area contributed by atoms with E-state index < -0.39 is 39.9 Å². The normalized spacial score (nSPS) is 21.7. The Kier molecular flexibility index (Phi) is 10.9. The molecular formula is C47H45F2N7O9. The third-order valence-electron chi connectivity index (χ3n) is 12.6. The molecule has 0 radical (unpaired) electrons. The summed E-state index contributed by atoms with van der Waals surface area (Å²) < 4.78 is 55.5. The molecule has 0 saturated carbocycles. The molecule has 4 atom stereocenters. The van der Waals surface area contributed by atoms with Crippen molar-refractivity contribution < 1.29 is 47.3 Å². The SMILES string of the molecule is C#Cc1c(F)ccc2cc(O)cc(-c3ncc4c(N5CC6CCC(C5)N6C(=O)OC(C)(C)C)nc(OCC56CCC(COC(=O)Oc7ccc([N+](=O)[O-])cc7)N5CC(=C)C6)nc4c3F)c12. The lowest BCUT2D eigenvalue weighted by atomic mass is 9.94. The number of pyridine rings is 1. The predicted octanol–water partition coefficient (Wildman–Crippen LogP) is 8.06. The summed E-state index contributed by atoms with van der Waals surface area (Å²) in [6, 6.07) is 9.59. The summed E-state index contributed by atoms with van der Waals surface area (Å²) in [5.74, 6) is 1.02. The van der Waals surface area contributed by atoms with Gasteiger partial charge in [-0.15, -0.1) is 6.42 Å². The lowest BCUT2D eigenvalue weighted by molar-refractivity contribution is -0.384. The number of hydrogen-bond acceptors (Lipinski definition) is 14.